The van der Waals surface area contributed by atoms with Crippen LogP contribution in [0, 0.1) is 18.6 Å². The highest BCUT2D eigenvalue weighted by Crippen LogP contribution is 2.41. The van der Waals surface area contributed by atoms with E-state index in [-0.39, 0.29) is 22.2 Å². The topological polar surface area (TPSA) is 55.5 Å². The molecule has 0 spiro atoms. The van der Waals surface area contributed by atoms with E-state index in [1.807, 2.05) is 0 Å². The van der Waals surface area contributed by atoms with Crippen LogP contribution in [0.15, 0.2) is 12.1 Å². The van der Waals surface area contributed by atoms with Gasteiger partial charge in [-0.25, -0.2) is 8.78 Å². The zero-order valence-corrected chi connectivity index (χ0v) is 9.34. The number of aryl methyl sites for hydroxylation is 1. The lowest BCUT2D eigenvalue weighted by Crippen LogP contribution is -1.97. The van der Waals surface area contributed by atoms with Gasteiger partial charge in [-0.2, -0.15) is 0 Å². The van der Waals surface area contributed by atoms with Gasteiger partial charge in [0.1, 0.15) is 11.6 Å². The van der Waals surface area contributed by atoms with E-state index < -0.39 is 17.4 Å². The summed E-state index contributed by atoms with van der Waals surface area (Å²) in [6.45, 7) is 1.64. The van der Waals surface area contributed by atoms with Crippen LogP contribution < -0.4 is 10.5 Å². The molecule has 0 fully saturated rings. The fourth-order valence-electron chi connectivity index (χ4n) is 1.93. The van der Waals surface area contributed by atoms with Gasteiger partial charge < -0.3 is 15.6 Å². The first kappa shape index (κ1) is 11.4. The number of rotatable bonds is 1. The first-order valence-electron chi connectivity index (χ1n) is 4.91. The Hall–Kier alpha value is -2.04. The van der Waals surface area contributed by atoms with Crippen molar-refractivity contribution in [3.8, 4) is 11.5 Å². The first-order valence-corrected chi connectivity index (χ1v) is 4.91. The number of benzene rings is 2. The van der Waals surface area contributed by atoms with E-state index in [1.165, 1.54) is 13.2 Å². The van der Waals surface area contributed by atoms with Gasteiger partial charge in [-0.3, -0.25) is 0 Å². The largest absolute Gasteiger partial charge is 0.505 e. The molecule has 0 aromatic heterocycles. The van der Waals surface area contributed by atoms with E-state index in [2.05, 4.69) is 0 Å². The van der Waals surface area contributed by atoms with Gasteiger partial charge in [-0.05, 0) is 18.6 Å². The molecule has 0 heterocycles. The van der Waals surface area contributed by atoms with E-state index in [9.17, 15) is 13.9 Å². The smallest absolute Gasteiger partial charge is 0.168 e. The summed E-state index contributed by atoms with van der Waals surface area (Å²) in [5.41, 5.74) is 6.11. The monoisotopic (exact) mass is 239 g/mol. The number of hydrogen-bond donors (Lipinski definition) is 2. The molecule has 0 unspecified atom stereocenters. The van der Waals surface area contributed by atoms with Crippen molar-refractivity contribution in [3.05, 3.63) is 29.3 Å². The fourth-order valence-corrected chi connectivity index (χ4v) is 1.93. The molecular formula is C12H11F2NO2. The summed E-state index contributed by atoms with van der Waals surface area (Å²) in [6.07, 6.45) is 0. The van der Waals surface area contributed by atoms with Gasteiger partial charge in [-0.15, -0.1) is 0 Å². The van der Waals surface area contributed by atoms with E-state index in [0.717, 1.165) is 0 Å². The summed E-state index contributed by atoms with van der Waals surface area (Å²) in [7, 11) is 1.28. The molecule has 0 saturated heterocycles. The number of phenols is 1. The second-order valence-electron chi connectivity index (χ2n) is 3.75. The number of phenolic OH excluding ortho intramolecular Hbond substituents is 1. The van der Waals surface area contributed by atoms with Gasteiger partial charge in [0.15, 0.2) is 11.6 Å². The van der Waals surface area contributed by atoms with Crippen molar-refractivity contribution >= 4 is 16.5 Å². The van der Waals surface area contributed by atoms with Crippen molar-refractivity contribution in [1.29, 1.82) is 0 Å². The van der Waals surface area contributed by atoms with Gasteiger partial charge in [0.2, 0.25) is 0 Å². The quantitative estimate of drug-likeness (QED) is 0.594. The Morgan fingerprint density at radius 1 is 1.18 bits per heavy atom. The highest BCUT2D eigenvalue weighted by Gasteiger charge is 2.19. The Morgan fingerprint density at radius 2 is 1.82 bits per heavy atom. The van der Waals surface area contributed by atoms with Crippen molar-refractivity contribution in [2.45, 2.75) is 6.92 Å². The Morgan fingerprint density at radius 3 is 2.41 bits per heavy atom. The van der Waals surface area contributed by atoms with Crippen LogP contribution >= 0.6 is 0 Å². The van der Waals surface area contributed by atoms with Crippen LogP contribution in [0.4, 0.5) is 14.5 Å². The molecule has 0 amide bonds. The normalized spacial score (nSPS) is 10.8. The molecule has 90 valence electrons. The van der Waals surface area contributed by atoms with Crippen molar-refractivity contribution in [3.63, 3.8) is 0 Å². The molecule has 0 radical (unpaired) electrons. The second-order valence-corrected chi connectivity index (χ2v) is 3.75. The Bertz CT molecular complexity index is 611. The van der Waals surface area contributed by atoms with Gasteiger partial charge in [0, 0.05) is 11.5 Å². The van der Waals surface area contributed by atoms with Crippen LogP contribution in [0.1, 0.15) is 5.56 Å². The van der Waals surface area contributed by atoms with Crippen molar-refractivity contribution < 1.29 is 18.6 Å². The first-order chi connectivity index (χ1) is 7.97. The molecule has 5 heteroatoms. The molecule has 0 saturated carbocycles. The van der Waals surface area contributed by atoms with Crippen LogP contribution in [0.3, 0.4) is 0 Å². The van der Waals surface area contributed by atoms with Crippen LogP contribution in [0.2, 0.25) is 0 Å². The van der Waals surface area contributed by atoms with E-state index >= 15 is 0 Å². The van der Waals surface area contributed by atoms with Crippen LogP contribution in [-0.2, 0) is 0 Å². The summed E-state index contributed by atoms with van der Waals surface area (Å²) in [4.78, 5) is 0. The predicted molar refractivity (Wildman–Crippen MR) is 61.2 cm³/mol. The third-order valence-electron chi connectivity index (χ3n) is 2.67. The van der Waals surface area contributed by atoms with Crippen molar-refractivity contribution in [2.75, 3.05) is 12.8 Å². The number of nitrogens with two attached hydrogens (primary N) is 1. The molecule has 3 N–H and O–H groups in total. The second kappa shape index (κ2) is 3.76. The SMILES string of the molecule is COc1c(F)cc(F)c2c(O)c(N)cc(C)c12. The third kappa shape index (κ3) is 1.54. The third-order valence-corrected chi connectivity index (χ3v) is 2.67. The fraction of sp³-hybridized carbons (Fsp3) is 0.167. The zero-order chi connectivity index (χ0) is 12.7. The molecule has 0 atom stereocenters. The molecule has 0 aliphatic carbocycles. The summed E-state index contributed by atoms with van der Waals surface area (Å²) in [6, 6.07) is 2.11. The number of methoxy groups -OCH3 is 1. The minimum absolute atomic E-state index is 0.0440. The molecular weight excluding hydrogens is 228 g/mol. The van der Waals surface area contributed by atoms with E-state index in [1.54, 1.807) is 6.92 Å². The van der Waals surface area contributed by atoms with Crippen LogP contribution in [0.25, 0.3) is 10.8 Å². The number of hydrogen-bond acceptors (Lipinski definition) is 3. The summed E-state index contributed by atoms with van der Waals surface area (Å²) in [5.74, 6) is -2.19. The summed E-state index contributed by atoms with van der Waals surface area (Å²) in [5, 5.41) is 9.80. The van der Waals surface area contributed by atoms with Gasteiger partial charge in [0.05, 0.1) is 18.2 Å². The average Bonchev–Trinajstić information content (AvgIpc) is 2.25. The maximum absolute atomic E-state index is 13.7. The maximum Gasteiger partial charge on any atom is 0.168 e. The highest BCUT2D eigenvalue weighted by atomic mass is 19.1. The molecule has 17 heavy (non-hydrogen) atoms. The summed E-state index contributed by atoms with van der Waals surface area (Å²) >= 11 is 0. The molecule has 2 aromatic rings. The van der Waals surface area contributed by atoms with E-state index in [0.29, 0.717) is 11.6 Å². The molecule has 2 aromatic carbocycles. The van der Waals surface area contributed by atoms with Gasteiger partial charge >= 0.3 is 0 Å². The molecule has 0 bridgehead atoms. The lowest BCUT2D eigenvalue weighted by Gasteiger charge is -2.13. The average molecular weight is 239 g/mol. The molecule has 3 nitrogen and oxygen atoms in total. The number of anilines is 1. The van der Waals surface area contributed by atoms with Gasteiger partial charge in [0.25, 0.3) is 0 Å². The zero-order valence-electron chi connectivity index (χ0n) is 9.34. The minimum atomic E-state index is -0.869. The number of nitrogen functional groups attached to an aromatic ring is 1. The van der Waals surface area contributed by atoms with Crippen molar-refractivity contribution in [1.82, 2.24) is 0 Å². The minimum Gasteiger partial charge on any atom is -0.505 e. The standard InChI is InChI=1S/C12H11F2NO2/c1-5-3-8(15)11(16)10-6(13)4-7(14)12(17-2)9(5)10/h3-4,16H,15H2,1-2H3. The van der Waals surface area contributed by atoms with Crippen LogP contribution in [0.5, 0.6) is 11.5 Å². The Kier molecular flexibility index (Phi) is 2.53. The number of aromatic hydroxyl groups is 1. The number of fused-ring (bicyclic) bond motifs is 1. The predicted octanol–water partition coefficient (Wildman–Crippen LogP) is 2.72. The summed E-state index contributed by atoms with van der Waals surface area (Å²) < 4.78 is 32.1. The molecule has 2 rings (SSSR count). The van der Waals surface area contributed by atoms with Crippen molar-refractivity contribution in [2.24, 2.45) is 0 Å². The Balaban J connectivity index is 3.08. The highest BCUT2D eigenvalue weighted by molar-refractivity contribution is 5.99. The lowest BCUT2D eigenvalue weighted by atomic mass is 10.0. The Labute approximate surface area is 96.4 Å². The molecule has 0 aliphatic rings. The number of ether oxygens (including phenoxy) is 1. The maximum atomic E-state index is 13.7. The number of halogens is 2. The molecule has 0 aliphatic heterocycles. The van der Waals surface area contributed by atoms with E-state index in [4.69, 9.17) is 10.5 Å². The van der Waals surface area contributed by atoms with Gasteiger partial charge in [-0.1, -0.05) is 0 Å². The van der Waals surface area contributed by atoms with Crippen LogP contribution in [-0.4, -0.2) is 12.2 Å². The lowest BCUT2D eigenvalue weighted by molar-refractivity contribution is 0.389.